The molecule has 6 fully saturated rings. The Morgan fingerprint density at radius 1 is 0.893 bits per heavy atom. The van der Waals surface area contributed by atoms with Crippen molar-refractivity contribution >= 4 is 16.4 Å². The van der Waals surface area contributed by atoms with Crippen molar-refractivity contribution in [2.24, 2.45) is 52.3 Å². The van der Waals surface area contributed by atoms with E-state index < -0.39 is 102 Å². The summed E-state index contributed by atoms with van der Waals surface area (Å²) >= 11 is 0. The molecule has 21 atom stereocenters. The molecular formula is C39H60O16S-2. The number of rotatable bonds is 11. The molecule has 7 aliphatic rings. The van der Waals surface area contributed by atoms with Crippen LogP contribution in [0.2, 0.25) is 0 Å². The van der Waals surface area contributed by atoms with Crippen molar-refractivity contribution in [1.82, 2.24) is 0 Å². The molecule has 4 aliphatic carbocycles. The third-order valence-electron chi connectivity index (χ3n) is 15.4. The first-order valence-corrected chi connectivity index (χ1v) is 21.7. The van der Waals surface area contributed by atoms with Gasteiger partial charge in [0.25, 0.3) is 0 Å². The van der Waals surface area contributed by atoms with E-state index in [0.29, 0.717) is 42.9 Å². The average molecular weight is 817 g/mol. The first-order chi connectivity index (χ1) is 26.2. The van der Waals surface area contributed by atoms with Crippen LogP contribution in [0.4, 0.5) is 0 Å². The van der Waals surface area contributed by atoms with Gasteiger partial charge in [-0.3, -0.25) is 4.18 Å². The van der Waals surface area contributed by atoms with Crippen LogP contribution in [0.5, 0.6) is 0 Å². The van der Waals surface area contributed by atoms with Gasteiger partial charge >= 0.3 is 0 Å². The molecule has 0 radical (unpaired) electrons. The first-order valence-electron chi connectivity index (χ1n) is 20.4. The maximum atomic E-state index is 12.3. The number of carbonyl (C=O) groups excluding carboxylic acids is 1. The Morgan fingerprint density at radius 3 is 2.27 bits per heavy atom. The van der Waals surface area contributed by atoms with Gasteiger partial charge in [-0.25, -0.2) is 8.42 Å². The molecule has 0 aromatic heterocycles. The van der Waals surface area contributed by atoms with Gasteiger partial charge in [-0.15, -0.1) is 0 Å². The standard InChI is InChI=1S/C39H62O16S/c1-16(2)17(3)31-32(52-31)18(4)21-7-8-22-20-14-26(55-56(47,48)49)24-13-19(9-11-39(24,6)23(20)10-12-38(21,22)5)51-37-34(29(43)28(42)33(53-37)35(45)46)54-36-30(44)27(41)25(40)15-50-36/h10,16-22,24-34,36-37,40-44H,7-9,11-15H2,1-6H3,(H,45,46)(H,47,48,49)/p-2/t17-,18-,19-,20-,21+,22-,24+,25-,26-,27-,28-,29-,30+,31-,32-,33-,34+,36-,37+,38+,39+/m0/s1. The minimum atomic E-state index is -5.12. The molecule has 5 N–H and O–H groups in total. The van der Waals surface area contributed by atoms with Crippen molar-refractivity contribution in [3.05, 3.63) is 11.6 Å². The third-order valence-corrected chi connectivity index (χ3v) is 15.9. The summed E-state index contributed by atoms with van der Waals surface area (Å²) in [5, 5.41) is 64.2. The minimum Gasteiger partial charge on any atom is -0.726 e. The molecule has 0 aromatic rings. The Morgan fingerprint density at radius 2 is 1.61 bits per heavy atom. The molecule has 3 saturated carbocycles. The fourth-order valence-corrected chi connectivity index (χ4v) is 12.4. The molecule has 56 heavy (non-hydrogen) atoms. The smallest absolute Gasteiger partial charge is 0.217 e. The van der Waals surface area contributed by atoms with Gasteiger partial charge in [-0.05, 0) is 97.2 Å². The zero-order chi connectivity index (χ0) is 40.8. The zero-order valence-corrected chi connectivity index (χ0v) is 33.7. The molecule has 0 spiro atoms. The number of aliphatic hydroxyl groups is 5. The number of ether oxygens (including phenoxy) is 5. The molecule has 0 amide bonds. The summed E-state index contributed by atoms with van der Waals surface area (Å²) in [6, 6.07) is 0. The quantitative estimate of drug-likeness (QED) is 0.0610. The topological polar surface area (TPSA) is 257 Å². The van der Waals surface area contributed by atoms with Crippen LogP contribution in [-0.4, -0.2) is 131 Å². The number of hydrogen-bond donors (Lipinski definition) is 5. The first kappa shape index (κ1) is 42.8. The van der Waals surface area contributed by atoms with Crippen LogP contribution >= 0.6 is 0 Å². The Bertz CT molecular complexity index is 1590. The summed E-state index contributed by atoms with van der Waals surface area (Å²) < 4.78 is 71.6. The van der Waals surface area contributed by atoms with E-state index >= 15 is 0 Å². The highest BCUT2D eigenvalue weighted by atomic mass is 32.3. The molecule has 320 valence electrons. The van der Waals surface area contributed by atoms with Gasteiger partial charge in [0.15, 0.2) is 12.6 Å². The SMILES string of the molecule is CC(C)[C@H](C)[C@@H]1O[C@H]1[C@@H](C)[C@H]1CC[C@H]2[C@@H]3C[C@H](OS(=O)(=O)[O-])[C@H]4C[C@@H](O[C@@H]5O[C@H](C(=O)[O-])[C@@H](O)[C@H](O)[C@H]5O[C@@H]5OC[C@H](O)[C@H](O)[C@H]5O)CC[C@]4(C)C3=CC[C@]12C. The second kappa shape index (κ2) is 15.6. The number of hydrogen-bond acceptors (Lipinski definition) is 16. The van der Waals surface area contributed by atoms with Crippen LogP contribution in [-0.2, 0) is 43.1 Å². The summed E-state index contributed by atoms with van der Waals surface area (Å²) in [5.74, 6) is -0.334. The summed E-state index contributed by atoms with van der Waals surface area (Å²) in [7, 11) is -5.12. The maximum absolute atomic E-state index is 12.3. The van der Waals surface area contributed by atoms with Crippen molar-refractivity contribution in [1.29, 1.82) is 0 Å². The number of fused-ring (bicyclic) bond motifs is 5. The van der Waals surface area contributed by atoms with Crippen molar-refractivity contribution < 1.29 is 76.3 Å². The molecular weight excluding hydrogens is 756 g/mol. The van der Waals surface area contributed by atoms with Gasteiger partial charge in [-0.1, -0.05) is 53.2 Å². The number of carbonyl (C=O) groups is 1. The van der Waals surface area contributed by atoms with E-state index in [1.54, 1.807) is 0 Å². The van der Waals surface area contributed by atoms with Gasteiger partial charge in [0.1, 0.15) is 42.7 Å². The lowest BCUT2D eigenvalue weighted by Crippen LogP contribution is -2.65. The van der Waals surface area contributed by atoms with Gasteiger partial charge < -0.3 is 63.7 Å². The summed E-state index contributed by atoms with van der Waals surface area (Å²) in [5.41, 5.74) is 0.626. The predicted octanol–water partition coefficient (Wildman–Crippen LogP) is 0.122. The Hall–Kier alpha value is -1.32. The van der Waals surface area contributed by atoms with Gasteiger partial charge in [-0.2, -0.15) is 0 Å². The van der Waals surface area contributed by atoms with Gasteiger partial charge in [0.2, 0.25) is 10.4 Å². The molecule has 3 saturated heterocycles. The van der Waals surface area contributed by atoms with Crippen LogP contribution in [0, 0.1) is 52.3 Å². The molecule has 0 unspecified atom stereocenters. The second-order valence-corrected chi connectivity index (χ2v) is 19.7. The molecule has 3 heterocycles. The van der Waals surface area contributed by atoms with E-state index in [1.165, 1.54) is 5.57 Å². The number of carboxylic acids is 1. The van der Waals surface area contributed by atoms with E-state index in [4.69, 9.17) is 27.9 Å². The lowest BCUT2D eigenvalue weighted by molar-refractivity contribution is -0.377. The summed E-state index contributed by atoms with van der Waals surface area (Å²) in [6.45, 7) is 13.0. The molecule has 17 heteroatoms. The predicted molar refractivity (Wildman–Crippen MR) is 190 cm³/mol. The van der Waals surface area contributed by atoms with Crippen molar-refractivity contribution in [3.63, 3.8) is 0 Å². The van der Waals surface area contributed by atoms with Crippen molar-refractivity contribution in [2.75, 3.05) is 6.61 Å². The van der Waals surface area contributed by atoms with E-state index in [1.807, 2.05) is 0 Å². The van der Waals surface area contributed by atoms with E-state index in [9.17, 15) is 48.4 Å². The average Bonchev–Trinajstić information content (AvgIpc) is 3.84. The molecule has 0 aromatic carbocycles. The highest BCUT2D eigenvalue weighted by molar-refractivity contribution is 7.80. The third kappa shape index (κ3) is 7.64. The Labute approximate surface area is 328 Å². The highest BCUT2D eigenvalue weighted by Gasteiger charge is 2.63. The Kier molecular flexibility index (Phi) is 11.9. The molecule has 0 bridgehead atoms. The molecule has 3 aliphatic heterocycles. The normalized spacial score (nSPS) is 50.3. The number of aliphatic carboxylic acids is 1. The molecule has 16 nitrogen and oxygen atoms in total. The maximum Gasteiger partial charge on any atom is 0.217 e. The summed E-state index contributed by atoms with van der Waals surface area (Å²) in [4.78, 5) is 11.9. The van der Waals surface area contributed by atoms with Crippen molar-refractivity contribution in [3.8, 4) is 0 Å². The fraction of sp³-hybridized carbons (Fsp3) is 0.923. The van der Waals surface area contributed by atoms with E-state index in [-0.39, 0.29) is 35.9 Å². The number of allylic oxidation sites excluding steroid dienone is 2. The number of aliphatic hydroxyl groups excluding tert-OH is 5. The van der Waals surface area contributed by atoms with Gasteiger partial charge in [0.05, 0.1) is 37.0 Å². The summed E-state index contributed by atoms with van der Waals surface area (Å²) in [6.07, 6.45) is -10.5. The monoisotopic (exact) mass is 816 g/mol. The fourth-order valence-electron chi connectivity index (χ4n) is 11.9. The van der Waals surface area contributed by atoms with Crippen LogP contribution in [0.1, 0.15) is 86.5 Å². The minimum absolute atomic E-state index is 0.00219. The van der Waals surface area contributed by atoms with Crippen LogP contribution in [0.3, 0.4) is 0 Å². The highest BCUT2D eigenvalue weighted by Crippen LogP contribution is 2.67. The lowest BCUT2D eigenvalue weighted by Gasteiger charge is -2.59. The van der Waals surface area contributed by atoms with E-state index in [0.717, 1.165) is 19.3 Å². The van der Waals surface area contributed by atoms with E-state index in [2.05, 4.69) is 47.6 Å². The number of epoxide rings is 1. The van der Waals surface area contributed by atoms with Gasteiger partial charge in [0, 0.05) is 0 Å². The van der Waals surface area contributed by atoms with Crippen LogP contribution < -0.4 is 5.11 Å². The largest absolute Gasteiger partial charge is 0.726 e. The van der Waals surface area contributed by atoms with Crippen LogP contribution in [0.25, 0.3) is 0 Å². The second-order valence-electron chi connectivity index (χ2n) is 18.7. The lowest BCUT2D eigenvalue weighted by atomic mass is 9.47. The molecule has 7 rings (SSSR count). The van der Waals surface area contributed by atoms with Crippen LogP contribution in [0.15, 0.2) is 11.6 Å². The Balaban J connectivity index is 1.12. The van der Waals surface area contributed by atoms with Crippen molar-refractivity contribution in [2.45, 2.75) is 166 Å². The zero-order valence-electron chi connectivity index (χ0n) is 32.9. The number of carboxylic acid groups (broad SMARTS) is 1.